The summed E-state index contributed by atoms with van der Waals surface area (Å²) in [5.41, 5.74) is 1.17. The fourth-order valence-corrected chi connectivity index (χ4v) is 4.42. The van der Waals surface area contributed by atoms with Gasteiger partial charge in [-0.15, -0.1) is 0 Å². The highest BCUT2D eigenvalue weighted by molar-refractivity contribution is 5.80. The Labute approximate surface area is 155 Å². The number of morpholine rings is 1. The number of likely N-dealkylation sites (tertiary alicyclic amines) is 1. The Hall–Kier alpha value is -1.43. The van der Waals surface area contributed by atoms with Crippen molar-refractivity contribution in [3.63, 3.8) is 0 Å². The second-order valence-electron chi connectivity index (χ2n) is 7.96. The van der Waals surface area contributed by atoms with E-state index < -0.39 is 0 Å². The molecule has 142 valence electrons. The van der Waals surface area contributed by atoms with Gasteiger partial charge in [-0.25, -0.2) is 0 Å². The number of aliphatic hydroxyl groups excluding tert-OH is 1. The monoisotopic (exact) mass is 358 g/mol. The minimum absolute atomic E-state index is 0.00887. The van der Waals surface area contributed by atoms with Crippen LogP contribution in [0.5, 0.6) is 0 Å². The number of hydrogen-bond acceptors (Lipinski definition) is 4. The average Bonchev–Trinajstić information content (AvgIpc) is 2.63. The Morgan fingerprint density at radius 3 is 2.46 bits per heavy atom. The van der Waals surface area contributed by atoms with E-state index in [-0.39, 0.29) is 24.2 Å². The molecule has 2 aliphatic heterocycles. The van der Waals surface area contributed by atoms with Crippen LogP contribution in [0.2, 0.25) is 0 Å². The van der Waals surface area contributed by atoms with Crippen LogP contribution in [0.25, 0.3) is 0 Å². The number of nitrogens with zero attached hydrogens (tertiary/aromatic N) is 2. The maximum Gasteiger partial charge on any atom is 0.226 e. The number of ether oxygens (including phenoxy) is 1. The fraction of sp³-hybridized carbons (Fsp3) is 0.667. The van der Waals surface area contributed by atoms with Crippen LogP contribution in [0.15, 0.2) is 30.3 Å². The summed E-state index contributed by atoms with van der Waals surface area (Å²) in [6, 6.07) is 10.3. The first-order valence-corrected chi connectivity index (χ1v) is 10.1. The SMILES string of the molecule is O=C(C1CCC1)N1CCO[C@@H](CN2CCC(O)CC2)[C@@H]1c1ccccc1. The Morgan fingerprint density at radius 1 is 1.08 bits per heavy atom. The van der Waals surface area contributed by atoms with Gasteiger partial charge in [-0.2, -0.15) is 0 Å². The topological polar surface area (TPSA) is 53.0 Å². The highest BCUT2D eigenvalue weighted by Gasteiger charge is 2.40. The van der Waals surface area contributed by atoms with Gasteiger partial charge in [0.25, 0.3) is 0 Å². The molecule has 4 rings (SSSR count). The van der Waals surface area contributed by atoms with Crippen LogP contribution in [0.3, 0.4) is 0 Å². The van der Waals surface area contributed by atoms with Crippen molar-refractivity contribution >= 4 is 5.91 Å². The summed E-state index contributed by atoms with van der Waals surface area (Å²) in [6.07, 6.45) is 4.72. The molecule has 1 N–H and O–H groups in total. The van der Waals surface area contributed by atoms with Crippen molar-refractivity contribution in [3.05, 3.63) is 35.9 Å². The van der Waals surface area contributed by atoms with E-state index in [9.17, 15) is 9.90 Å². The second kappa shape index (κ2) is 8.07. The summed E-state index contributed by atoms with van der Waals surface area (Å²) in [7, 11) is 0. The summed E-state index contributed by atoms with van der Waals surface area (Å²) < 4.78 is 6.19. The molecule has 0 unspecified atom stereocenters. The molecule has 5 nitrogen and oxygen atoms in total. The number of piperidine rings is 1. The highest BCUT2D eigenvalue weighted by atomic mass is 16.5. The lowest BCUT2D eigenvalue weighted by atomic mass is 9.83. The number of hydrogen-bond donors (Lipinski definition) is 1. The first kappa shape index (κ1) is 18.0. The molecule has 3 aliphatic rings. The van der Waals surface area contributed by atoms with Crippen molar-refractivity contribution in [2.24, 2.45) is 5.92 Å². The summed E-state index contributed by atoms with van der Waals surface area (Å²) >= 11 is 0. The second-order valence-corrected chi connectivity index (χ2v) is 7.96. The van der Waals surface area contributed by atoms with E-state index >= 15 is 0 Å². The molecule has 0 spiro atoms. The van der Waals surface area contributed by atoms with E-state index in [2.05, 4.69) is 21.9 Å². The van der Waals surface area contributed by atoms with E-state index in [1.54, 1.807) is 0 Å². The standard InChI is InChI=1S/C21H30N2O3/c24-18-9-11-22(12-10-18)15-19-20(16-5-2-1-3-6-16)23(13-14-26-19)21(25)17-7-4-8-17/h1-3,5-6,17-20,24H,4,7-15H2/t19-,20-/m0/s1. The van der Waals surface area contributed by atoms with E-state index in [4.69, 9.17) is 4.74 Å². The third-order valence-corrected chi connectivity index (χ3v) is 6.23. The number of carbonyl (C=O) groups excluding carboxylic acids is 1. The Kier molecular flexibility index (Phi) is 5.57. The number of amides is 1. The summed E-state index contributed by atoms with van der Waals surface area (Å²) in [5, 5.41) is 9.76. The molecular weight excluding hydrogens is 328 g/mol. The summed E-state index contributed by atoms with van der Waals surface area (Å²) in [4.78, 5) is 17.5. The highest BCUT2D eigenvalue weighted by Crippen LogP contribution is 2.36. The van der Waals surface area contributed by atoms with Crippen LogP contribution in [0.4, 0.5) is 0 Å². The molecule has 1 aromatic carbocycles. The molecule has 1 amide bonds. The summed E-state index contributed by atoms with van der Waals surface area (Å²) in [6.45, 7) is 3.92. The van der Waals surface area contributed by atoms with Crippen molar-refractivity contribution in [2.75, 3.05) is 32.8 Å². The number of carbonyl (C=O) groups is 1. The summed E-state index contributed by atoms with van der Waals surface area (Å²) in [5.74, 6) is 0.526. The maximum atomic E-state index is 13.1. The Balaban J connectivity index is 1.53. The quantitative estimate of drug-likeness (QED) is 0.897. The molecule has 1 aromatic rings. The van der Waals surface area contributed by atoms with Gasteiger partial charge in [0, 0.05) is 32.1 Å². The Morgan fingerprint density at radius 2 is 1.81 bits per heavy atom. The molecule has 0 bridgehead atoms. The number of aliphatic hydroxyl groups is 1. The van der Waals surface area contributed by atoms with Crippen LogP contribution in [0, 0.1) is 5.92 Å². The van der Waals surface area contributed by atoms with E-state index in [1.807, 2.05) is 18.2 Å². The fourth-order valence-electron chi connectivity index (χ4n) is 4.42. The third-order valence-electron chi connectivity index (χ3n) is 6.23. The van der Waals surface area contributed by atoms with Crippen LogP contribution >= 0.6 is 0 Å². The van der Waals surface area contributed by atoms with Gasteiger partial charge in [0.2, 0.25) is 5.91 Å². The molecule has 5 heteroatoms. The smallest absolute Gasteiger partial charge is 0.226 e. The molecule has 2 saturated heterocycles. The molecule has 0 radical (unpaired) electrons. The van der Waals surface area contributed by atoms with Gasteiger partial charge in [-0.1, -0.05) is 36.8 Å². The van der Waals surface area contributed by atoms with Crippen LogP contribution in [-0.4, -0.2) is 65.8 Å². The van der Waals surface area contributed by atoms with Crippen molar-refractivity contribution in [1.82, 2.24) is 9.80 Å². The van der Waals surface area contributed by atoms with Gasteiger partial charge in [-0.3, -0.25) is 4.79 Å². The zero-order chi connectivity index (χ0) is 17.9. The van der Waals surface area contributed by atoms with Gasteiger partial charge >= 0.3 is 0 Å². The van der Waals surface area contributed by atoms with Crippen molar-refractivity contribution in [3.8, 4) is 0 Å². The first-order chi connectivity index (χ1) is 12.7. The lowest BCUT2D eigenvalue weighted by Gasteiger charge is -2.45. The average molecular weight is 358 g/mol. The minimum Gasteiger partial charge on any atom is -0.393 e. The zero-order valence-electron chi connectivity index (χ0n) is 15.4. The first-order valence-electron chi connectivity index (χ1n) is 10.1. The zero-order valence-corrected chi connectivity index (χ0v) is 15.4. The van der Waals surface area contributed by atoms with Crippen molar-refractivity contribution in [2.45, 2.75) is 50.4 Å². The predicted molar refractivity (Wildman–Crippen MR) is 99.7 cm³/mol. The maximum absolute atomic E-state index is 13.1. The van der Waals surface area contributed by atoms with E-state index in [0.717, 1.165) is 45.3 Å². The van der Waals surface area contributed by atoms with E-state index in [0.29, 0.717) is 19.1 Å². The molecule has 1 saturated carbocycles. The van der Waals surface area contributed by atoms with Gasteiger partial charge in [0.1, 0.15) is 0 Å². The van der Waals surface area contributed by atoms with Gasteiger partial charge in [0.15, 0.2) is 0 Å². The molecule has 0 aromatic heterocycles. The molecular formula is C21H30N2O3. The lowest BCUT2D eigenvalue weighted by Crippen LogP contribution is -2.54. The molecule has 26 heavy (non-hydrogen) atoms. The van der Waals surface area contributed by atoms with Gasteiger partial charge < -0.3 is 19.6 Å². The van der Waals surface area contributed by atoms with Crippen molar-refractivity contribution in [1.29, 1.82) is 0 Å². The molecule has 1 aliphatic carbocycles. The van der Waals surface area contributed by atoms with E-state index in [1.165, 1.54) is 12.0 Å². The Bertz CT molecular complexity index is 597. The van der Waals surface area contributed by atoms with Crippen LogP contribution in [0.1, 0.15) is 43.7 Å². The largest absolute Gasteiger partial charge is 0.393 e. The lowest BCUT2D eigenvalue weighted by molar-refractivity contribution is -0.155. The molecule has 3 fully saturated rings. The number of rotatable bonds is 4. The van der Waals surface area contributed by atoms with Crippen LogP contribution in [-0.2, 0) is 9.53 Å². The third kappa shape index (κ3) is 3.80. The predicted octanol–water partition coefficient (Wildman–Crippen LogP) is 2.21. The molecule has 2 atom stereocenters. The van der Waals surface area contributed by atoms with Crippen LogP contribution < -0.4 is 0 Å². The van der Waals surface area contributed by atoms with Crippen molar-refractivity contribution < 1.29 is 14.6 Å². The minimum atomic E-state index is -0.167. The molecule has 2 heterocycles. The normalized spacial score (nSPS) is 28.7. The van der Waals surface area contributed by atoms with Gasteiger partial charge in [-0.05, 0) is 31.2 Å². The van der Waals surface area contributed by atoms with Gasteiger partial charge in [0.05, 0.1) is 24.9 Å². The number of benzene rings is 1.